The van der Waals surface area contributed by atoms with Crippen LogP contribution in [0.15, 0.2) is 28.8 Å². The van der Waals surface area contributed by atoms with Gasteiger partial charge in [0, 0.05) is 12.1 Å². The minimum atomic E-state index is 0.403. The van der Waals surface area contributed by atoms with Gasteiger partial charge in [0.2, 0.25) is 0 Å². The standard InChI is InChI=1S/C13H15N3OS/c14-8-9-3-1-4-10(7-9)13-15-12(16-17-13)11-5-2-6-18-11/h1,3-4,7,11H,2,5-6,8,14H2. The highest BCUT2D eigenvalue weighted by Gasteiger charge is 2.23. The van der Waals surface area contributed by atoms with E-state index in [2.05, 4.69) is 10.1 Å². The van der Waals surface area contributed by atoms with Crippen molar-refractivity contribution in [3.05, 3.63) is 35.7 Å². The van der Waals surface area contributed by atoms with Crippen LogP contribution in [-0.2, 0) is 6.54 Å². The smallest absolute Gasteiger partial charge is 0.257 e. The highest BCUT2D eigenvalue weighted by atomic mass is 32.2. The summed E-state index contributed by atoms with van der Waals surface area (Å²) in [6.45, 7) is 0.521. The van der Waals surface area contributed by atoms with Gasteiger partial charge in [-0.3, -0.25) is 0 Å². The zero-order chi connectivity index (χ0) is 12.4. The van der Waals surface area contributed by atoms with E-state index in [1.165, 1.54) is 12.2 Å². The Kier molecular flexibility index (Phi) is 3.34. The highest BCUT2D eigenvalue weighted by Crippen LogP contribution is 2.38. The summed E-state index contributed by atoms with van der Waals surface area (Å²) in [4.78, 5) is 4.50. The van der Waals surface area contributed by atoms with E-state index >= 15 is 0 Å². The fourth-order valence-electron chi connectivity index (χ4n) is 2.10. The third-order valence-electron chi connectivity index (χ3n) is 3.07. The number of nitrogens with zero attached hydrogens (tertiary/aromatic N) is 2. The van der Waals surface area contributed by atoms with Crippen LogP contribution in [0, 0.1) is 0 Å². The lowest BCUT2D eigenvalue weighted by Gasteiger charge is -2.00. The summed E-state index contributed by atoms with van der Waals surface area (Å²) in [6, 6.07) is 7.93. The van der Waals surface area contributed by atoms with Gasteiger partial charge in [-0.1, -0.05) is 17.3 Å². The molecule has 3 rings (SSSR count). The molecule has 0 amide bonds. The fourth-order valence-corrected chi connectivity index (χ4v) is 3.29. The van der Waals surface area contributed by atoms with Gasteiger partial charge in [-0.05, 0) is 36.3 Å². The molecular formula is C13H15N3OS. The summed E-state index contributed by atoms with van der Waals surface area (Å²) in [5, 5.41) is 4.49. The first kappa shape index (κ1) is 11.7. The second-order valence-electron chi connectivity index (χ2n) is 4.36. The molecule has 1 fully saturated rings. The predicted molar refractivity (Wildman–Crippen MR) is 72.1 cm³/mol. The van der Waals surface area contributed by atoms with Crippen LogP contribution in [0.4, 0.5) is 0 Å². The van der Waals surface area contributed by atoms with Gasteiger partial charge < -0.3 is 10.3 Å². The molecule has 1 unspecified atom stereocenters. The van der Waals surface area contributed by atoms with E-state index in [-0.39, 0.29) is 0 Å². The van der Waals surface area contributed by atoms with Crippen molar-refractivity contribution in [3.63, 3.8) is 0 Å². The maximum absolute atomic E-state index is 5.63. The molecule has 1 aromatic carbocycles. The van der Waals surface area contributed by atoms with Gasteiger partial charge in [0.25, 0.3) is 5.89 Å². The molecule has 2 heterocycles. The number of nitrogens with two attached hydrogens (primary N) is 1. The van der Waals surface area contributed by atoms with Crippen molar-refractivity contribution < 1.29 is 4.52 Å². The molecular weight excluding hydrogens is 246 g/mol. The lowest BCUT2D eigenvalue weighted by molar-refractivity contribution is 0.421. The van der Waals surface area contributed by atoms with Gasteiger partial charge in [0.1, 0.15) is 0 Å². The molecule has 0 radical (unpaired) electrons. The Morgan fingerprint density at radius 3 is 3.17 bits per heavy atom. The van der Waals surface area contributed by atoms with Crippen molar-refractivity contribution in [2.75, 3.05) is 5.75 Å². The van der Waals surface area contributed by atoms with Gasteiger partial charge in [-0.25, -0.2) is 0 Å². The summed E-state index contributed by atoms with van der Waals surface area (Å²) in [5.41, 5.74) is 7.65. The van der Waals surface area contributed by atoms with E-state index in [0.29, 0.717) is 17.7 Å². The summed E-state index contributed by atoms with van der Waals surface area (Å²) >= 11 is 1.91. The Labute approximate surface area is 110 Å². The van der Waals surface area contributed by atoms with E-state index in [1.54, 1.807) is 0 Å². The van der Waals surface area contributed by atoms with Crippen LogP contribution in [-0.4, -0.2) is 15.9 Å². The van der Waals surface area contributed by atoms with Crippen LogP contribution in [0.2, 0.25) is 0 Å². The van der Waals surface area contributed by atoms with Crippen molar-refractivity contribution in [2.45, 2.75) is 24.6 Å². The number of rotatable bonds is 3. The minimum Gasteiger partial charge on any atom is -0.334 e. The molecule has 1 atom stereocenters. The van der Waals surface area contributed by atoms with E-state index < -0.39 is 0 Å². The van der Waals surface area contributed by atoms with Crippen molar-refractivity contribution in [2.24, 2.45) is 5.73 Å². The molecule has 2 aromatic rings. The Morgan fingerprint density at radius 2 is 2.39 bits per heavy atom. The Morgan fingerprint density at radius 1 is 1.44 bits per heavy atom. The Bertz CT molecular complexity index is 535. The van der Waals surface area contributed by atoms with Crippen LogP contribution in [0.3, 0.4) is 0 Å². The maximum atomic E-state index is 5.63. The van der Waals surface area contributed by atoms with Gasteiger partial charge in [0.05, 0.1) is 5.25 Å². The average molecular weight is 261 g/mol. The predicted octanol–water partition coefficient (Wildman–Crippen LogP) is 2.76. The summed E-state index contributed by atoms with van der Waals surface area (Å²) in [6.07, 6.45) is 2.38. The molecule has 2 N–H and O–H groups in total. The maximum Gasteiger partial charge on any atom is 0.257 e. The molecule has 1 aliphatic rings. The molecule has 94 valence electrons. The molecule has 0 spiro atoms. The van der Waals surface area contributed by atoms with E-state index in [0.717, 1.165) is 23.4 Å². The fraction of sp³-hybridized carbons (Fsp3) is 0.385. The van der Waals surface area contributed by atoms with Gasteiger partial charge in [0.15, 0.2) is 5.82 Å². The van der Waals surface area contributed by atoms with Crippen LogP contribution in [0.1, 0.15) is 29.5 Å². The quantitative estimate of drug-likeness (QED) is 0.920. The number of benzene rings is 1. The number of aromatic nitrogens is 2. The van der Waals surface area contributed by atoms with Crippen LogP contribution >= 0.6 is 11.8 Å². The summed E-state index contributed by atoms with van der Waals surface area (Å²) < 4.78 is 5.35. The molecule has 1 aliphatic heterocycles. The topological polar surface area (TPSA) is 64.9 Å². The molecule has 4 nitrogen and oxygen atoms in total. The Hall–Kier alpha value is -1.33. The molecule has 1 aromatic heterocycles. The summed E-state index contributed by atoms with van der Waals surface area (Å²) in [7, 11) is 0. The number of hydrogen-bond acceptors (Lipinski definition) is 5. The molecule has 0 aliphatic carbocycles. The van der Waals surface area contributed by atoms with Crippen molar-refractivity contribution in [3.8, 4) is 11.5 Å². The van der Waals surface area contributed by atoms with Gasteiger partial charge in [-0.2, -0.15) is 16.7 Å². The lowest BCUT2D eigenvalue weighted by atomic mass is 10.1. The lowest BCUT2D eigenvalue weighted by Crippen LogP contribution is -1.96. The van der Waals surface area contributed by atoms with Crippen LogP contribution in [0.25, 0.3) is 11.5 Å². The minimum absolute atomic E-state index is 0.403. The third kappa shape index (κ3) is 2.28. The molecule has 1 saturated heterocycles. The van der Waals surface area contributed by atoms with E-state index in [4.69, 9.17) is 10.3 Å². The van der Waals surface area contributed by atoms with Gasteiger partial charge >= 0.3 is 0 Å². The van der Waals surface area contributed by atoms with Gasteiger partial charge in [-0.15, -0.1) is 0 Å². The van der Waals surface area contributed by atoms with Crippen LogP contribution < -0.4 is 5.73 Å². The third-order valence-corrected chi connectivity index (χ3v) is 4.44. The normalized spacial score (nSPS) is 19.3. The van der Waals surface area contributed by atoms with E-state index in [9.17, 15) is 0 Å². The second kappa shape index (κ2) is 5.12. The van der Waals surface area contributed by atoms with Crippen molar-refractivity contribution in [1.29, 1.82) is 0 Å². The zero-order valence-corrected chi connectivity index (χ0v) is 10.8. The zero-order valence-electron chi connectivity index (χ0n) is 10.0. The molecule has 0 bridgehead atoms. The first-order chi connectivity index (χ1) is 8.86. The van der Waals surface area contributed by atoms with Crippen LogP contribution in [0.5, 0.6) is 0 Å². The number of thioether (sulfide) groups is 1. The molecule has 5 heteroatoms. The first-order valence-corrected chi connectivity index (χ1v) is 7.16. The highest BCUT2D eigenvalue weighted by molar-refractivity contribution is 7.99. The van der Waals surface area contributed by atoms with Crippen molar-refractivity contribution in [1.82, 2.24) is 10.1 Å². The number of hydrogen-bond donors (Lipinski definition) is 1. The molecule has 0 saturated carbocycles. The SMILES string of the molecule is NCc1cccc(-c2nc(C3CCCS3)no2)c1. The molecule has 18 heavy (non-hydrogen) atoms. The monoisotopic (exact) mass is 261 g/mol. The Balaban J connectivity index is 1.87. The second-order valence-corrected chi connectivity index (χ2v) is 5.67. The first-order valence-electron chi connectivity index (χ1n) is 6.11. The summed E-state index contributed by atoms with van der Waals surface area (Å²) in [5.74, 6) is 2.61. The largest absolute Gasteiger partial charge is 0.334 e. The average Bonchev–Trinajstić information content (AvgIpc) is 3.09. The van der Waals surface area contributed by atoms with Crippen molar-refractivity contribution >= 4 is 11.8 Å². The van der Waals surface area contributed by atoms with E-state index in [1.807, 2.05) is 36.0 Å².